The van der Waals surface area contributed by atoms with Crippen LogP contribution in [0.25, 0.3) is 0 Å². The summed E-state index contributed by atoms with van der Waals surface area (Å²) in [5.41, 5.74) is 0. The van der Waals surface area contributed by atoms with Gasteiger partial charge in [-0.05, 0) is 45.2 Å². The van der Waals surface area contributed by atoms with Crippen LogP contribution in [-0.2, 0) is 6.42 Å². The van der Waals surface area contributed by atoms with E-state index in [1.54, 1.807) is 6.33 Å². The van der Waals surface area contributed by atoms with Crippen LogP contribution >= 0.6 is 11.6 Å². The number of ether oxygens (including phenoxy) is 1. The summed E-state index contributed by atoms with van der Waals surface area (Å²) in [6.07, 6.45) is 2.37. The van der Waals surface area contributed by atoms with E-state index in [0.717, 1.165) is 18.0 Å². The Hall–Kier alpha value is -1.59. The smallest absolute Gasteiger partial charge is 0.138 e. The lowest BCUT2D eigenvalue weighted by molar-refractivity contribution is 0.266. The maximum atomic E-state index is 5.86. The Bertz CT molecular complexity index is 553. The number of rotatable bonds is 7. The van der Waals surface area contributed by atoms with E-state index >= 15 is 0 Å². The van der Waals surface area contributed by atoms with Crippen LogP contribution < -0.4 is 10.1 Å². The van der Waals surface area contributed by atoms with E-state index < -0.39 is 0 Å². The maximum absolute atomic E-state index is 5.86. The Morgan fingerprint density at radius 2 is 2.00 bits per heavy atom. The number of nitrogens with zero attached hydrogens (tertiary/aromatic N) is 3. The Morgan fingerprint density at radius 3 is 2.62 bits per heavy atom. The van der Waals surface area contributed by atoms with Gasteiger partial charge in [-0.2, -0.15) is 5.10 Å². The highest BCUT2D eigenvalue weighted by Crippen LogP contribution is 2.16. The van der Waals surface area contributed by atoms with Gasteiger partial charge in [-0.1, -0.05) is 11.6 Å². The molecule has 0 amide bonds. The lowest BCUT2D eigenvalue weighted by Gasteiger charge is -2.18. The first-order chi connectivity index (χ1) is 10.1. The third-order valence-electron chi connectivity index (χ3n) is 3.24. The van der Waals surface area contributed by atoms with Gasteiger partial charge in [0.25, 0.3) is 0 Å². The lowest BCUT2D eigenvalue weighted by atomic mass is 10.2. The average molecular weight is 309 g/mol. The summed E-state index contributed by atoms with van der Waals surface area (Å²) >= 11 is 5.86. The molecule has 0 aliphatic heterocycles. The molecule has 0 fully saturated rings. The number of nitrogens with one attached hydrogen (secondary N) is 1. The summed E-state index contributed by atoms with van der Waals surface area (Å²) in [7, 11) is 1.92. The topological polar surface area (TPSA) is 52.0 Å². The van der Waals surface area contributed by atoms with Gasteiger partial charge in [0.15, 0.2) is 0 Å². The molecule has 1 atom stereocenters. The number of hydrogen-bond acceptors (Lipinski definition) is 4. The Labute approximate surface area is 130 Å². The van der Waals surface area contributed by atoms with E-state index in [4.69, 9.17) is 16.3 Å². The maximum Gasteiger partial charge on any atom is 0.138 e. The molecule has 0 spiro atoms. The van der Waals surface area contributed by atoms with Crippen LogP contribution in [0.4, 0.5) is 0 Å². The second kappa shape index (κ2) is 7.43. The molecule has 114 valence electrons. The molecule has 6 heteroatoms. The number of likely N-dealkylation sites (N-methyl/N-ethyl adjacent to an activating group) is 1. The van der Waals surface area contributed by atoms with Crippen molar-refractivity contribution < 1.29 is 4.74 Å². The SMILES string of the molecule is CNC(COc1ccc(Cl)cc1)Cc1ncnn1C(C)C. The Kier molecular flexibility index (Phi) is 5.59. The highest BCUT2D eigenvalue weighted by molar-refractivity contribution is 6.30. The van der Waals surface area contributed by atoms with Crippen molar-refractivity contribution in [2.75, 3.05) is 13.7 Å². The molecule has 0 radical (unpaired) electrons. The average Bonchev–Trinajstić information content (AvgIpc) is 2.93. The molecule has 0 saturated carbocycles. The number of halogens is 1. The van der Waals surface area contributed by atoms with Crippen molar-refractivity contribution in [3.63, 3.8) is 0 Å². The van der Waals surface area contributed by atoms with Crippen molar-refractivity contribution in [2.24, 2.45) is 0 Å². The third kappa shape index (κ3) is 4.44. The molecule has 2 rings (SSSR count). The summed E-state index contributed by atoms with van der Waals surface area (Å²) in [5, 5.41) is 8.22. The van der Waals surface area contributed by atoms with Crippen molar-refractivity contribution in [1.82, 2.24) is 20.1 Å². The minimum absolute atomic E-state index is 0.169. The second-order valence-corrected chi connectivity index (χ2v) is 5.61. The van der Waals surface area contributed by atoms with Crippen molar-refractivity contribution in [3.8, 4) is 5.75 Å². The van der Waals surface area contributed by atoms with Crippen LogP contribution in [-0.4, -0.2) is 34.5 Å². The number of hydrogen-bond donors (Lipinski definition) is 1. The largest absolute Gasteiger partial charge is 0.492 e. The van der Waals surface area contributed by atoms with Crippen LogP contribution in [0.15, 0.2) is 30.6 Å². The van der Waals surface area contributed by atoms with Gasteiger partial charge in [0.05, 0.1) is 0 Å². The molecule has 0 bridgehead atoms. The van der Waals surface area contributed by atoms with Crippen LogP contribution in [0.3, 0.4) is 0 Å². The van der Waals surface area contributed by atoms with E-state index in [9.17, 15) is 0 Å². The first-order valence-electron chi connectivity index (χ1n) is 7.04. The first kappa shape index (κ1) is 15.8. The summed E-state index contributed by atoms with van der Waals surface area (Å²) < 4.78 is 7.72. The summed E-state index contributed by atoms with van der Waals surface area (Å²) in [6.45, 7) is 4.75. The van der Waals surface area contributed by atoms with Gasteiger partial charge in [-0.25, -0.2) is 9.67 Å². The zero-order chi connectivity index (χ0) is 15.2. The predicted molar refractivity (Wildman–Crippen MR) is 83.9 cm³/mol. The molecule has 0 saturated heterocycles. The molecule has 1 N–H and O–H groups in total. The monoisotopic (exact) mass is 308 g/mol. The standard InChI is InChI=1S/C15H21ClN4O/c1-11(2)20-15(18-10-19-20)8-13(17-3)9-21-14-6-4-12(16)5-7-14/h4-7,10-11,13,17H,8-9H2,1-3H3. The first-order valence-corrected chi connectivity index (χ1v) is 7.42. The fraction of sp³-hybridized carbons (Fsp3) is 0.467. The number of aromatic nitrogens is 3. The third-order valence-corrected chi connectivity index (χ3v) is 3.49. The Morgan fingerprint density at radius 1 is 1.29 bits per heavy atom. The fourth-order valence-corrected chi connectivity index (χ4v) is 2.17. The van der Waals surface area contributed by atoms with Gasteiger partial charge in [-0.15, -0.1) is 0 Å². The summed E-state index contributed by atoms with van der Waals surface area (Å²) in [4.78, 5) is 4.33. The van der Waals surface area contributed by atoms with Gasteiger partial charge in [0, 0.05) is 23.5 Å². The van der Waals surface area contributed by atoms with Gasteiger partial charge >= 0.3 is 0 Å². The zero-order valence-corrected chi connectivity index (χ0v) is 13.3. The van der Waals surface area contributed by atoms with E-state index in [2.05, 4.69) is 29.2 Å². The summed E-state index contributed by atoms with van der Waals surface area (Å²) in [5.74, 6) is 1.77. The number of benzene rings is 1. The van der Waals surface area contributed by atoms with Gasteiger partial charge in [0.2, 0.25) is 0 Å². The molecule has 2 aromatic rings. The highest BCUT2D eigenvalue weighted by atomic mass is 35.5. The van der Waals surface area contributed by atoms with Crippen molar-refractivity contribution in [2.45, 2.75) is 32.4 Å². The molecule has 1 unspecified atom stereocenters. The Balaban J connectivity index is 1.94. The van der Waals surface area contributed by atoms with Gasteiger partial charge in [0.1, 0.15) is 24.5 Å². The summed E-state index contributed by atoms with van der Waals surface area (Å²) in [6, 6.07) is 7.85. The quantitative estimate of drug-likeness (QED) is 0.854. The molecule has 1 heterocycles. The molecule has 0 aliphatic rings. The second-order valence-electron chi connectivity index (χ2n) is 5.17. The van der Waals surface area contributed by atoms with Crippen LogP contribution in [0.1, 0.15) is 25.7 Å². The molecule has 1 aromatic heterocycles. The van der Waals surface area contributed by atoms with E-state index in [1.807, 2.05) is 36.0 Å². The molecule has 21 heavy (non-hydrogen) atoms. The van der Waals surface area contributed by atoms with E-state index in [1.165, 1.54) is 0 Å². The van der Waals surface area contributed by atoms with Crippen LogP contribution in [0.5, 0.6) is 5.75 Å². The normalized spacial score (nSPS) is 12.6. The predicted octanol–water partition coefficient (Wildman–Crippen LogP) is 2.72. The molecular weight excluding hydrogens is 288 g/mol. The van der Waals surface area contributed by atoms with Crippen LogP contribution in [0.2, 0.25) is 5.02 Å². The minimum Gasteiger partial charge on any atom is -0.492 e. The van der Waals surface area contributed by atoms with E-state index in [0.29, 0.717) is 17.7 Å². The van der Waals surface area contributed by atoms with Gasteiger partial charge in [-0.3, -0.25) is 0 Å². The highest BCUT2D eigenvalue weighted by Gasteiger charge is 2.14. The molecule has 0 aliphatic carbocycles. The molecular formula is C15H21ClN4O. The lowest BCUT2D eigenvalue weighted by Crippen LogP contribution is -2.35. The van der Waals surface area contributed by atoms with Crippen molar-refractivity contribution in [3.05, 3.63) is 41.4 Å². The van der Waals surface area contributed by atoms with Crippen molar-refractivity contribution >= 4 is 11.6 Å². The molecule has 1 aromatic carbocycles. The minimum atomic E-state index is 0.169. The van der Waals surface area contributed by atoms with Crippen LogP contribution in [0, 0.1) is 0 Å². The van der Waals surface area contributed by atoms with E-state index in [-0.39, 0.29) is 6.04 Å². The van der Waals surface area contributed by atoms with Crippen molar-refractivity contribution in [1.29, 1.82) is 0 Å². The zero-order valence-electron chi connectivity index (χ0n) is 12.6. The fourth-order valence-electron chi connectivity index (χ4n) is 2.04. The van der Waals surface area contributed by atoms with Gasteiger partial charge < -0.3 is 10.1 Å². The molecule has 5 nitrogen and oxygen atoms in total.